The van der Waals surface area contributed by atoms with Crippen LogP contribution in [0.2, 0.25) is 0 Å². The van der Waals surface area contributed by atoms with Gasteiger partial charge in [0.1, 0.15) is 0 Å². The van der Waals surface area contributed by atoms with Gasteiger partial charge in [0.25, 0.3) is 5.69 Å². The minimum atomic E-state index is -1.34. The largest absolute Gasteiger partial charge is 0.478 e. The number of anilines is 1. The van der Waals surface area contributed by atoms with Crippen molar-refractivity contribution in [1.29, 1.82) is 0 Å². The molecule has 4 N–H and O–H groups in total. The Labute approximate surface area is 129 Å². The van der Waals surface area contributed by atoms with Gasteiger partial charge in [0.2, 0.25) is 0 Å². The quantitative estimate of drug-likeness (QED) is 0.446. The van der Waals surface area contributed by atoms with E-state index in [1.54, 1.807) is 0 Å². The lowest BCUT2D eigenvalue weighted by Gasteiger charge is -2.15. The van der Waals surface area contributed by atoms with Gasteiger partial charge < -0.3 is 15.9 Å². The molecule has 0 saturated carbocycles. The molecule has 2 aromatic rings. The predicted molar refractivity (Wildman–Crippen MR) is 81.6 cm³/mol. The monoisotopic (exact) mass is 316 g/mol. The molecule has 0 bridgehead atoms. The minimum Gasteiger partial charge on any atom is -0.478 e. The average molecular weight is 316 g/mol. The molecule has 0 atom stereocenters. The Balaban J connectivity index is 2.82. The lowest BCUT2D eigenvalue weighted by atomic mass is 9.90. The van der Waals surface area contributed by atoms with Gasteiger partial charge in [-0.3, -0.25) is 10.1 Å². The van der Waals surface area contributed by atoms with Gasteiger partial charge in [0.05, 0.1) is 16.1 Å². The summed E-state index contributed by atoms with van der Waals surface area (Å²) in [4.78, 5) is 33.1. The number of nitrogens with zero attached hydrogens (tertiary/aromatic N) is 1. The molecule has 0 aliphatic rings. The van der Waals surface area contributed by atoms with Crippen molar-refractivity contribution in [3.63, 3.8) is 0 Å². The van der Waals surface area contributed by atoms with E-state index in [2.05, 4.69) is 0 Å². The zero-order valence-electron chi connectivity index (χ0n) is 11.9. The van der Waals surface area contributed by atoms with Crippen molar-refractivity contribution in [3.8, 4) is 11.1 Å². The second-order valence-corrected chi connectivity index (χ2v) is 4.80. The van der Waals surface area contributed by atoms with E-state index in [0.717, 1.165) is 0 Å². The third-order valence-electron chi connectivity index (χ3n) is 3.44. The van der Waals surface area contributed by atoms with E-state index in [-0.39, 0.29) is 39.2 Å². The lowest BCUT2D eigenvalue weighted by Crippen LogP contribution is -2.11. The highest BCUT2D eigenvalue weighted by Crippen LogP contribution is 2.34. The normalized spacial score (nSPS) is 10.3. The molecule has 0 unspecified atom stereocenters. The van der Waals surface area contributed by atoms with E-state index in [4.69, 9.17) is 5.73 Å². The van der Waals surface area contributed by atoms with Crippen molar-refractivity contribution in [2.24, 2.45) is 0 Å². The Morgan fingerprint density at radius 2 is 1.70 bits per heavy atom. The van der Waals surface area contributed by atoms with Gasteiger partial charge >= 0.3 is 11.9 Å². The van der Waals surface area contributed by atoms with Crippen molar-refractivity contribution in [3.05, 3.63) is 57.1 Å². The lowest BCUT2D eigenvalue weighted by molar-refractivity contribution is -0.384. The molecule has 0 radical (unpaired) electrons. The van der Waals surface area contributed by atoms with Crippen molar-refractivity contribution in [1.82, 2.24) is 0 Å². The molecule has 0 spiro atoms. The number of carbonyl (C=O) groups is 2. The molecule has 2 aromatic carbocycles. The topological polar surface area (TPSA) is 144 Å². The number of aromatic carboxylic acids is 2. The zero-order valence-corrected chi connectivity index (χ0v) is 11.9. The molecule has 8 heteroatoms. The van der Waals surface area contributed by atoms with E-state index in [1.807, 2.05) is 0 Å². The van der Waals surface area contributed by atoms with Gasteiger partial charge in [0.15, 0.2) is 0 Å². The van der Waals surface area contributed by atoms with Crippen LogP contribution < -0.4 is 5.73 Å². The highest BCUT2D eigenvalue weighted by molar-refractivity contribution is 6.07. The Bertz CT molecular complexity index is 827. The summed E-state index contributed by atoms with van der Waals surface area (Å²) in [6.07, 6.45) is 0. The van der Waals surface area contributed by atoms with Crippen LogP contribution in [0.5, 0.6) is 0 Å². The number of non-ortho nitro benzene ring substituents is 1. The van der Waals surface area contributed by atoms with Crippen LogP contribution in [0, 0.1) is 17.0 Å². The third kappa shape index (κ3) is 2.82. The van der Waals surface area contributed by atoms with Crippen molar-refractivity contribution < 1.29 is 24.7 Å². The first-order valence-electron chi connectivity index (χ1n) is 6.38. The van der Waals surface area contributed by atoms with Gasteiger partial charge in [0, 0.05) is 23.4 Å². The SMILES string of the molecule is Cc1c(N)cc(C(=O)O)c(-c2ccc([N+](=O)[O-])cc2)c1C(=O)O. The van der Waals surface area contributed by atoms with Crippen LogP contribution in [0.3, 0.4) is 0 Å². The van der Waals surface area contributed by atoms with E-state index in [9.17, 15) is 29.9 Å². The number of nitrogen functional groups attached to an aromatic ring is 1. The second-order valence-electron chi connectivity index (χ2n) is 4.80. The predicted octanol–water partition coefficient (Wildman–Crippen LogP) is 2.55. The van der Waals surface area contributed by atoms with Crippen molar-refractivity contribution in [2.75, 3.05) is 5.73 Å². The molecular weight excluding hydrogens is 304 g/mol. The zero-order chi connectivity index (χ0) is 17.3. The maximum atomic E-state index is 11.6. The van der Waals surface area contributed by atoms with Crippen LogP contribution in [-0.4, -0.2) is 27.1 Å². The van der Waals surface area contributed by atoms with Crippen molar-refractivity contribution in [2.45, 2.75) is 6.92 Å². The van der Waals surface area contributed by atoms with Crippen LogP contribution in [-0.2, 0) is 0 Å². The smallest absolute Gasteiger partial charge is 0.336 e. The Morgan fingerprint density at radius 1 is 1.13 bits per heavy atom. The maximum absolute atomic E-state index is 11.6. The number of rotatable bonds is 4. The number of nitro groups is 1. The first-order valence-corrected chi connectivity index (χ1v) is 6.38. The third-order valence-corrected chi connectivity index (χ3v) is 3.44. The van der Waals surface area contributed by atoms with Crippen LogP contribution in [0.1, 0.15) is 26.3 Å². The van der Waals surface area contributed by atoms with Gasteiger partial charge in [-0.2, -0.15) is 0 Å². The molecule has 118 valence electrons. The standard InChI is InChI=1S/C15H12N2O6/c1-7-11(16)6-10(14(18)19)13(12(7)15(20)21)8-2-4-9(5-3-8)17(22)23/h2-6H,16H2,1H3,(H,18,19)(H,20,21). The molecule has 0 aromatic heterocycles. The van der Waals surface area contributed by atoms with Gasteiger partial charge in [-0.15, -0.1) is 0 Å². The number of nitro benzene ring substituents is 1. The van der Waals surface area contributed by atoms with E-state index >= 15 is 0 Å². The van der Waals surface area contributed by atoms with Crippen LogP contribution in [0.4, 0.5) is 11.4 Å². The molecule has 0 saturated heterocycles. The first-order chi connectivity index (χ1) is 10.7. The van der Waals surface area contributed by atoms with Crippen LogP contribution >= 0.6 is 0 Å². The summed E-state index contributed by atoms with van der Waals surface area (Å²) in [5, 5.41) is 29.5. The number of hydrogen-bond acceptors (Lipinski definition) is 5. The van der Waals surface area contributed by atoms with Gasteiger partial charge in [-0.25, -0.2) is 9.59 Å². The fraction of sp³-hybridized carbons (Fsp3) is 0.0667. The van der Waals surface area contributed by atoms with Crippen LogP contribution in [0.25, 0.3) is 11.1 Å². The average Bonchev–Trinajstić information content (AvgIpc) is 2.48. The number of benzene rings is 2. The minimum absolute atomic E-state index is 0.0356. The number of carboxylic acids is 2. The fourth-order valence-corrected chi connectivity index (χ4v) is 2.29. The molecule has 23 heavy (non-hydrogen) atoms. The highest BCUT2D eigenvalue weighted by Gasteiger charge is 2.24. The Hall–Kier alpha value is -3.42. The second kappa shape index (κ2) is 5.76. The maximum Gasteiger partial charge on any atom is 0.336 e. The summed E-state index contributed by atoms with van der Waals surface area (Å²) in [6.45, 7) is 1.47. The summed E-state index contributed by atoms with van der Waals surface area (Å²) < 4.78 is 0. The number of nitrogens with two attached hydrogens (primary N) is 1. The molecule has 0 heterocycles. The van der Waals surface area contributed by atoms with E-state index < -0.39 is 16.9 Å². The summed E-state index contributed by atoms with van der Waals surface area (Å²) in [5.41, 5.74) is 5.48. The first kappa shape index (κ1) is 16.0. The Morgan fingerprint density at radius 3 is 2.13 bits per heavy atom. The Kier molecular flexibility index (Phi) is 4.00. The molecule has 0 fully saturated rings. The number of hydrogen-bond donors (Lipinski definition) is 3. The van der Waals surface area contributed by atoms with Gasteiger partial charge in [-0.05, 0) is 36.2 Å². The van der Waals surface area contributed by atoms with Crippen molar-refractivity contribution >= 4 is 23.3 Å². The number of carboxylic acid groups (broad SMARTS) is 2. The molecule has 0 aliphatic heterocycles. The molecule has 0 amide bonds. The van der Waals surface area contributed by atoms with E-state index in [1.165, 1.54) is 37.3 Å². The highest BCUT2D eigenvalue weighted by atomic mass is 16.6. The van der Waals surface area contributed by atoms with Crippen LogP contribution in [0.15, 0.2) is 30.3 Å². The molecule has 8 nitrogen and oxygen atoms in total. The summed E-state index contributed by atoms with van der Waals surface area (Å²) in [5.74, 6) is -2.67. The summed E-state index contributed by atoms with van der Waals surface area (Å²) >= 11 is 0. The molecule has 2 rings (SSSR count). The summed E-state index contributed by atoms with van der Waals surface area (Å²) in [7, 11) is 0. The van der Waals surface area contributed by atoms with Gasteiger partial charge in [-0.1, -0.05) is 0 Å². The molecular formula is C15H12N2O6. The van der Waals surface area contributed by atoms with E-state index in [0.29, 0.717) is 0 Å². The molecule has 0 aliphatic carbocycles. The fourth-order valence-electron chi connectivity index (χ4n) is 2.29. The summed E-state index contributed by atoms with van der Waals surface area (Å²) in [6, 6.07) is 6.15.